The van der Waals surface area contributed by atoms with E-state index in [1.54, 1.807) is 0 Å². The molecule has 0 spiro atoms. The molecule has 2 amide bonds. The quantitative estimate of drug-likeness (QED) is 0.894. The van der Waals surface area contributed by atoms with Crippen molar-refractivity contribution in [1.29, 1.82) is 0 Å². The van der Waals surface area contributed by atoms with E-state index in [-0.39, 0.29) is 23.7 Å². The first-order chi connectivity index (χ1) is 10.2. The first-order valence-corrected chi connectivity index (χ1v) is 7.52. The molecule has 2 fully saturated rings. The molecule has 0 bridgehead atoms. The summed E-state index contributed by atoms with van der Waals surface area (Å²) in [5, 5.41) is 5.80. The Hall–Kier alpha value is -1.88. The van der Waals surface area contributed by atoms with Crippen LogP contribution in [0.3, 0.4) is 0 Å². The Labute approximate surface area is 124 Å². The first kappa shape index (κ1) is 14.1. The molecular weight excluding hydrogens is 268 g/mol. The lowest BCUT2D eigenvalue weighted by atomic mass is 9.99. The number of ether oxygens (including phenoxy) is 1. The molecule has 5 heteroatoms. The topological polar surface area (TPSA) is 67.4 Å². The van der Waals surface area contributed by atoms with Crippen LogP contribution in [0.15, 0.2) is 24.3 Å². The van der Waals surface area contributed by atoms with Gasteiger partial charge in [0.2, 0.25) is 11.8 Å². The minimum absolute atomic E-state index is 0.0352. The lowest BCUT2D eigenvalue weighted by molar-refractivity contribution is -0.122. The van der Waals surface area contributed by atoms with Crippen LogP contribution in [0.25, 0.3) is 0 Å². The molecule has 1 saturated heterocycles. The number of amides is 2. The van der Waals surface area contributed by atoms with Gasteiger partial charge in [0.1, 0.15) is 0 Å². The molecule has 1 saturated carbocycles. The molecule has 112 valence electrons. The highest BCUT2D eigenvalue weighted by Gasteiger charge is 2.29. The highest BCUT2D eigenvalue weighted by atomic mass is 16.5. The van der Waals surface area contributed by atoms with E-state index in [0.29, 0.717) is 13.2 Å². The molecule has 0 radical (unpaired) electrons. The maximum atomic E-state index is 12.1. The summed E-state index contributed by atoms with van der Waals surface area (Å²) in [7, 11) is 0. The molecular formula is C16H20N2O3. The Bertz CT molecular complexity index is 517. The van der Waals surface area contributed by atoms with E-state index >= 15 is 0 Å². The number of carbonyl (C=O) groups excluding carboxylic acids is 2. The maximum absolute atomic E-state index is 12.1. The Morgan fingerprint density at radius 3 is 1.67 bits per heavy atom. The highest BCUT2D eigenvalue weighted by molar-refractivity contribution is 5.95. The maximum Gasteiger partial charge on any atom is 0.227 e. The minimum atomic E-state index is 0.0352. The summed E-state index contributed by atoms with van der Waals surface area (Å²) in [4.78, 5) is 23.7. The van der Waals surface area contributed by atoms with Crippen molar-refractivity contribution >= 4 is 23.2 Å². The fraction of sp³-hybridized carbons (Fsp3) is 0.500. The second kappa shape index (κ2) is 6.26. The van der Waals surface area contributed by atoms with Crippen molar-refractivity contribution in [3.8, 4) is 0 Å². The highest BCUT2D eigenvalue weighted by Crippen LogP contribution is 2.30. The molecule has 1 heterocycles. The van der Waals surface area contributed by atoms with Crippen molar-refractivity contribution in [2.45, 2.75) is 25.7 Å². The number of anilines is 2. The van der Waals surface area contributed by atoms with Gasteiger partial charge in [0, 0.05) is 36.4 Å². The molecule has 1 aliphatic carbocycles. The largest absolute Gasteiger partial charge is 0.381 e. The zero-order valence-corrected chi connectivity index (χ0v) is 11.9. The molecule has 0 unspecified atom stereocenters. The Kier molecular flexibility index (Phi) is 4.20. The normalized spacial score (nSPS) is 19.0. The molecule has 2 aliphatic rings. The molecule has 21 heavy (non-hydrogen) atoms. The zero-order chi connectivity index (χ0) is 14.7. The summed E-state index contributed by atoms with van der Waals surface area (Å²) in [5.74, 6) is 0.368. The van der Waals surface area contributed by atoms with Crippen LogP contribution in [0.1, 0.15) is 25.7 Å². The van der Waals surface area contributed by atoms with Crippen LogP contribution in [0, 0.1) is 11.8 Å². The predicted molar refractivity (Wildman–Crippen MR) is 80.0 cm³/mol. The third-order valence-electron chi connectivity index (χ3n) is 3.96. The average molecular weight is 288 g/mol. The number of nitrogens with one attached hydrogen (secondary N) is 2. The fourth-order valence-electron chi connectivity index (χ4n) is 2.43. The van der Waals surface area contributed by atoms with Crippen molar-refractivity contribution in [1.82, 2.24) is 0 Å². The van der Waals surface area contributed by atoms with Gasteiger partial charge in [0.25, 0.3) is 0 Å². The van der Waals surface area contributed by atoms with Gasteiger partial charge in [0.15, 0.2) is 0 Å². The molecule has 0 aromatic heterocycles. The van der Waals surface area contributed by atoms with Gasteiger partial charge in [-0.05, 0) is 49.9 Å². The molecule has 1 aromatic rings. The van der Waals surface area contributed by atoms with Crippen LogP contribution in [0.5, 0.6) is 0 Å². The minimum Gasteiger partial charge on any atom is -0.381 e. The van der Waals surface area contributed by atoms with Crippen LogP contribution >= 0.6 is 0 Å². The van der Waals surface area contributed by atoms with Gasteiger partial charge in [-0.15, -0.1) is 0 Å². The standard InChI is InChI=1S/C16H20N2O3/c19-15(11-1-2-11)17-13-3-5-14(6-4-13)18-16(20)12-7-9-21-10-8-12/h3-6,11-12H,1-2,7-10H2,(H,17,19)(H,18,20). The van der Waals surface area contributed by atoms with Gasteiger partial charge < -0.3 is 15.4 Å². The lowest BCUT2D eigenvalue weighted by Crippen LogP contribution is -2.28. The van der Waals surface area contributed by atoms with E-state index in [9.17, 15) is 9.59 Å². The monoisotopic (exact) mass is 288 g/mol. The molecule has 1 aliphatic heterocycles. The molecule has 0 atom stereocenters. The summed E-state index contributed by atoms with van der Waals surface area (Å²) in [6, 6.07) is 7.28. The molecule has 1 aromatic carbocycles. The molecule has 5 nitrogen and oxygen atoms in total. The Balaban J connectivity index is 1.53. The number of rotatable bonds is 4. The Morgan fingerprint density at radius 1 is 0.810 bits per heavy atom. The summed E-state index contributed by atoms with van der Waals surface area (Å²) in [6.45, 7) is 1.31. The van der Waals surface area contributed by atoms with Gasteiger partial charge in [0.05, 0.1) is 0 Å². The van der Waals surface area contributed by atoms with E-state index < -0.39 is 0 Å². The van der Waals surface area contributed by atoms with Crippen LogP contribution in [-0.4, -0.2) is 25.0 Å². The molecule has 2 N–H and O–H groups in total. The van der Waals surface area contributed by atoms with Gasteiger partial charge in [-0.1, -0.05) is 0 Å². The number of hydrogen-bond acceptors (Lipinski definition) is 3. The van der Waals surface area contributed by atoms with Crippen molar-refractivity contribution < 1.29 is 14.3 Å². The smallest absolute Gasteiger partial charge is 0.227 e. The van der Waals surface area contributed by atoms with Crippen molar-refractivity contribution in [2.24, 2.45) is 11.8 Å². The van der Waals surface area contributed by atoms with Crippen LogP contribution in [0.2, 0.25) is 0 Å². The van der Waals surface area contributed by atoms with E-state index in [1.165, 1.54) is 0 Å². The van der Waals surface area contributed by atoms with E-state index in [2.05, 4.69) is 10.6 Å². The third-order valence-corrected chi connectivity index (χ3v) is 3.96. The van der Waals surface area contributed by atoms with E-state index in [4.69, 9.17) is 4.74 Å². The van der Waals surface area contributed by atoms with Gasteiger partial charge in [-0.2, -0.15) is 0 Å². The van der Waals surface area contributed by atoms with E-state index in [1.807, 2.05) is 24.3 Å². The van der Waals surface area contributed by atoms with Crippen molar-refractivity contribution in [2.75, 3.05) is 23.8 Å². The fourth-order valence-corrected chi connectivity index (χ4v) is 2.43. The van der Waals surface area contributed by atoms with Gasteiger partial charge in [-0.25, -0.2) is 0 Å². The van der Waals surface area contributed by atoms with Crippen molar-refractivity contribution in [3.05, 3.63) is 24.3 Å². The lowest BCUT2D eigenvalue weighted by Gasteiger charge is -2.21. The number of hydrogen-bond donors (Lipinski definition) is 2. The average Bonchev–Trinajstić information content (AvgIpc) is 3.35. The summed E-state index contributed by atoms with van der Waals surface area (Å²) >= 11 is 0. The Morgan fingerprint density at radius 2 is 1.24 bits per heavy atom. The van der Waals surface area contributed by atoms with Crippen LogP contribution in [-0.2, 0) is 14.3 Å². The molecule has 3 rings (SSSR count). The van der Waals surface area contributed by atoms with Crippen molar-refractivity contribution in [3.63, 3.8) is 0 Å². The predicted octanol–water partition coefficient (Wildman–Crippen LogP) is 2.40. The summed E-state index contributed by atoms with van der Waals surface area (Å²) in [6.07, 6.45) is 3.54. The summed E-state index contributed by atoms with van der Waals surface area (Å²) < 4.78 is 5.26. The first-order valence-electron chi connectivity index (χ1n) is 7.52. The van der Waals surface area contributed by atoms with E-state index in [0.717, 1.165) is 37.1 Å². The number of carbonyl (C=O) groups is 2. The third kappa shape index (κ3) is 3.82. The zero-order valence-electron chi connectivity index (χ0n) is 11.9. The second-order valence-corrected chi connectivity index (χ2v) is 5.72. The summed E-state index contributed by atoms with van der Waals surface area (Å²) in [5.41, 5.74) is 1.53. The second-order valence-electron chi connectivity index (χ2n) is 5.72. The van der Waals surface area contributed by atoms with Gasteiger partial charge >= 0.3 is 0 Å². The SMILES string of the molecule is O=C(Nc1ccc(NC(=O)C2CC2)cc1)C1CCOCC1. The van der Waals surface area contributed by atoms with Crippen LogP contribution < -0.4 is 10.6 Å². The van der Waals surface area contributed by atoms with Gasteiger partial charge in [-0.3, -0.25) is 9.59 Å². The number of benzene rings is 1. The van der Waals surface area contributed by atoms with Crippen LogP contribution in [0.4, 0.5) is 11.4 Å².